The number of hydrogen-bond donors (Lipinski definition) is 1. The summed E-state index contributed by atoms with van der Waals surface area (Å²) < 4.78 is 0. The molecule has 9 heteroatoms. The summed E-state index contributed by atoms with van der Waals surface area (Å²) in [5.74, 6) is -0.509. The van der Waals surface area contributed by atoms with Gasteiger partial charge >= 0.3 is 0 Å². The Morgan fingerprint density at radius 1 is 1.48 bits per heavy atom. The van der Waals surface area contributed by atoms with Crippen LogP contribution in [0.15, 0.2) is 23.3 Å². The van der Waals surface area contributed by atoms with Gasteiger partial charge in [0.05, 0.1) is 4.92 Å². The molecule has 1 heterocycles. The van der Waals surface area contributed by atoms with E-state index >= 15 is 0 Å². The Balaban J connectivity index is 2.26. The highest BCUT2D eigenvalue weighted by Gasteiger charge is 2.27. The number of nitrogens with zero attached hydrogens (tertiary/aromatic N) is 5. The first-order valence-electron chi connectivity index (χ1n) is 6.40. The molecule has 0 atom stereocenters. The Morgan fingerprint density at radius 3 is 2.67 bits per heavy atom. The largest absolute Gasteiger partial charge is 0.369 e. The predicted octanol–water partition coefficient (Wildman–Crippen LogP) is 2.24. The molecule has 0 aromatic heterocycles. The molecule has 9 nitrogen and oxygen atoms in total. The summed E-state index contributed by atoms with van der Waals surface area (Å²) in [6.07, 6.45) is 1.15. The number of carbonyl (C=O) groups is 1. The van der Waals surface area contributed by atoms with Crippen LogP contribution in [0.3, 0.4) is 0 Å². The molecule has 1 aromatic rings. The fraction of sp³-hybridized carbons (Fsp3) is 0.417. The number of hydrogen-bond acceptors (Lipinski definition) is 5. The Kier molecular flexibility index (Phi) is 4.24. The predicted molar refractivity (Wildman–Crippen MR) is 76.0 cm³/mol. The van der Waals surface area contributed by atoms with Crippen molar-refractivity contribution >= 4 is 23.0 Å². The summed E-state index contributed by atoms with van der Waals surface area (Å²) >= 11 is 0. The third-order valence-electron chi connectivity index (χ3n) is 3.55. The lowest BCUT2D eigenvalue weighted by molar-refractivity contribution is -0.384. The van der Waals surface area contributed by atoms with Crippen molar-refractivity contribution in [2.24, 2.45) is 16.8 Å². The molecule has 1 aromatic carbocycles. The summed E-state index contributed by atoms with van der Waals surface area (Å²) in [6, 6.07) is 4.34. The number of nitro benzene ring substituents is 1. The molecule has 0 saturated carbocycles. The molecule has 0 unspecified atom stereocenters. The third kappa shape index (κ3) is 3.21. The van der Waals surface area contributed by atoms with Gasteiger partial charge < -0.3 is 10.6 Å². The molecule has 0 bridgehead atoms. The highest BCUT2D eigenvalue weighted by Crippen LogP contribution is 2.34. The van der Waals surface area contributed by atoms with Crippen molar-refractivity contribution in [1.82, 2.24) is 0 Å². The molecule has 1 aliphatic rings. The Morgan fingerprint density at radius 2 is 2.14 bits per heavy atom. The number of nitrogens with two attached hydrogens (primary N) is 1. The summed E-state index contributed by atoms with van der Waals surface area (Å²) in [7, 11) is 0. The fourth-order valence-corrected chi connectivity index (χ4v) is 2.44. The number of carbonyl (C=O) groups excluding carboxylic acids is 1. The molecule has 0 spiro atoms. The molecule has 1 aliphatic heterocycles. The van der Waals surface area contributed by atoms with Gasteiger partial charge in [0, 0.05) is 35.7 Å². The molecule has 0 radical (unpaired) electrons. The van der Waals surface area contributed by atoms with E-state index in [2.05, 4.69) is 10.0 Å². The van der Waals surface area contributed by atoms with Crippen LogP contribution in [0, 0.1) is 16.0 Å². The smallest absolute Gasteiger partial charge is 0.292 e. The number of benzene rings is 1. The average Bonchev–Trinajstić information content (AvgIpc) is 2.47. The maximum Gasteiger partial charge on any atom is 0.292 e. The topological polar surface area (TPSA) is 138 Å². The summed E-state index contributed by atoms with van der Waals surface area (Å²) in [4.78, 5) is 26.3. The number of nitro groups is 1. The molecule has 110 valence electrons. The monoisotopic (exact) mass is 290 g/mol. The molecular formula is C12H14N6O3. The summed E-state index contributed by atoms with van der Waals surface area (Å²) in [5.41, 5.74) is 14.2. The van der Waals surface area contributed by atoms with Crippen LogP contribution in [0.4, 0.5) is 17.1 Å². The Labute approximate surface area is 120 Å². The van der Waals surface area contributed by atoms with Gasteiger partial charge in [-0.1, -0.05) is 11.2 Å². The maximum atomic E-state index is 11.2. The van der Waals surface area contributed by atoms with Crippen LogP contribution in [0.2, 0.25) is 0 Å². The van der Waals surface area contributed by atoms with Gasteiger partial charge in [-0.25, -0.2) is 0 Å². The minimum absolute atomic E-state index is 0.113. The highest BCUT2D eigenvalue weighted by atomic mass is 16.6. The van der Waals surface area contributed by atoms with Gasteiger partial charge in [0.1, 0.15) is 5.69 Å². The Hall–Kier alpha value is -2.80. The molecule has 2 rings (SSSR count). The van der Waals surface area contributed by atoms with Gasteiger partial charge in [0.25, 0.3) is 5.69 Å². The summed E-state index contributed by atoms with van der Waals surface area (Å²) in [5, 5.41) is 14.5. The average molecular weight is 290 g/mol. The zero-order valence-electron chi connectivity index (χ0n) is 11.2. The van der Waals surface area contributed by atoms with Gasteiger partial charge in [0.2, 0.25) is 5.91 Å². The van der Waals surface area contributed by atoms with E-state index in [1.54, 1.807) is 6.07 Å². The number of rotatable bonds is 4. The first-order chi connectivity index (χ1) is 10.0. The van der Waals surface area contributed by atoms with E-state index in [4.69, 9.17) is 11.3 Å². The van der Waals surface area contributed by atoms with Crippen LogP contribution in [0.5, 0.6) is 0 Å². The third-order valence-corrected chi connectivity index (χ3v) is 3.55. The molecule has 21 heavy (non-hydrogen) atoms. The van der Waals surface area contributed by atoms with Crippen molar-refractivity contribution in [2.75, 3.05) is 18.0 Å². The first kappa shape index (κ1) is 14.6. The number of anilines is 1. The molecular weight excluding hydrogens is 276 g/mol. The molecule has 1 fully saturated rings. The Bertz CT molecular complexity index is 617. The van der Waals surface area contributed by atoms with Crippen LogP contribution < -0.4 is 10.6 Å². The minimum Gasteiger partial charge on any atom is -0.369 e. The van der Waals surface area contributed by atoms with Crippen LogP contribution in [-0.4, -0.2) is 23.9 Å². The van der Waals surface area contributed by atoms with E-state index in [1.165, 1.54) is 12.1 Å². The molecule has 1 amide bonds. The standard InChI is InChI=1S/C12H14N6O3/c13-12(19)8-3-5-17(6-4-8)10-2-1-9(15-16-14)7-11(10)18(20)21/h1-2,7-8H,3-6H2,(H2,13,19). The van der Waals surface area contributed by atoms with Gasteiger partial charge in [-0.3, -0.25) is 14.9 Å². The number of piperidine rings is 1. The zero-order valence-corrected chi connectivity index (χ0v) is 11.2. The van der Waals surface area contributed by atoms with Crippen LogP contribution in [0.25, 0.3) is 10.4 Å². The van der Waals surface area contributed by atoms with Crippen LogP contribution in [-0.2, 0) is 4.79 Å². The molecule has 2 N–H and O–H groups in total. The lowest BCUT2D eigenvalue weighted by Gasteiger charge is -2.31. The second-order valence-electron chi connectivity index (χ2n) is 4.78. The van der Waals surface area contributed by atoms with Crippen molar-refractivity contribution in [2.45, 2.75) is 12.8 Å². The van der Waals surface area contributed by atoms with E-state index in [1.807, 2.05) is 4.90 Å². The normalized spacial score (nSPS) is 15.3. The van der Waals surface area contributed by atoms with Gasteiger partial charge in [-0.15, -0.1) is 0 Å². The van der Waals surface area contributed by atoms with E-state index in [-0.39, 0.29) is 23.2 Å². The van der Waals surface area contributed by atoms with E-state index in [0.717, 1.165) is 0 Å². The van der Waals surface area contributed by atoms with Crippen molar-refractivity contribution in [3.05, 3.63) is 38.8 Å². The van der Waals surface area contributed by atoms with Crippen molar-refractivity contribution in [1.29, 1.82) is 0 Å². The van der Waals surface area contributed by atoms with Crippen molar-refractivity contribution in [3.8, 4) is 0 Å². The fourth-order valence-electron chi connectivity index (χ4n) is 2.44. The second-order valence-corrected chi connectivity index (χ2v) is 4.78. The van der Waals surface area contributed by atoms with E-state index < -0.39 is 4.92 Å². The minimum atomic E-state index is -0.508. The number of azide groups is 1. The van der Waals surface area contributed by atoms with E-state index in [0.29, 0.717) is 31.6 Å². The quantitative estimate of drug-likeness (QED) is 0.298. The lowest BCUT2D eigenvalue weighted by Crippen LogP contribution is -2.38. The molecule has 0 aliphatic carbocycles. The molecule has 1 saturated heterocycles. The zero-order chi connectivity index (χ0) is 15.4. The van der Waals surface area contributed by atoms with Gasteiger partial charge in [-0.2, -0.15) is 0 Å². The van der Waals surface area contributed by atoms with Crippen molar-refractivity contribution in [3.63, 3.8) is 0 Å². The second kappa shape index (κ2) is 6.10. The van der Waals surface area contributed by atoms with Crippen molar-refractivity contribution < 1.29 is 9.72 Å². The first-order valence-corrected chi connectivity index (χ1v) is 6.40. The maximum absolute atomic E-state index is 11.2. The lowest BCUT2D eigenvalue weighted by atomic mass is 9.96. The SMILES string of the molecule is [N-]=[N+]=Nc1ccc(N2CCC(C(N)=O)CC2)c([N+](=O)[O-])c1. The number of primary amides is 1. The van der Waals surface area contributed by atoms with Crippen LogP contribution >= 0.6 is 0 Å². The highest BCUT2D eigenvalue weighted by molar-refractivity contribution is 5.77. The van der Waals surface area contributed by atoms with E-state index in [9.17, 15) is 14.9 Å². The summed E-state index contributed by atoms with van der Waals surface area (Å²) in [6.45, 7) is 1.05. The van der Waals surface area contributed by atoms with Gasteiger partial charge in [0.15, 0.2) is 0 Å². The number of amides is 1. The van der Waals surface area contributed by atoms with Crippen LogP contribution in [0.1, 0.15) is 12.8 Å². The van der Waals surface area contributed by atoms with Gasteiger partial charge in [-0.05, 0) is 24.4 Å².